The molecule has 0 aromatic rings. The first kappa shape index (κ1) is 9.26. The fourth-order valence-electron chi connectivity index (χ4n) is 2.59. The van der Waals surface area contributed by atoms with Crippen LogP contribution in [0.5, 0.6) is 0 Å². The third-order valence-electron chi connectivity index (χ3n) is 3.69. The van der Waals surface area contributed by atoms with Crippen LogP contribution in [0.2, 0.25) is 0 Å². The lowest BCUT2D eigenvalue weighted by Crippen LogP contribution is -2.32. The molecule has 13 heavy (non-hydrogen) atoms. The summed E-state index contributed by atoms with van der Waals surface area (Å²) in [6.07, 6.45) is 7.12. The number of fused-ring (bicyclic) bond motifs is 2. The molecule has 2 aliphatic rings. The topological polar surface area (TPSA) is 9.23 Å². The van der Waals surface area contributed by atoms with E-state index in [-0.39, 0.29) is 11.2 Å². The lowest BCUT2D eigenvalue weighted by Gasteiger charge is -2.33. The average molecular weight is 180 g/mol. The zero-order valence-electron chi connectivity index (χ0n) is 8.86. The molecule has 0 aromatic carbocycles. The molecular formula is C12H20O. The lowest BCUT2D eigenvalue weighted by molar-refractivity contribution is -0.0960. The van der Waals surface area contributed by atoms with Gasteiger partial charge in [-0.1, -0.05) is 12.2 Å². The summed E-state index contributed by atoms with van der Waals surface area (Å²) in [5.41, 5.74) is 1.72. The van der Waals surface area contributed by atoms with Crippen molar-refractivity contribution in [1.82, 2.24) is 0 Å². The Morgan fingerprint density at radius 2 is 1.46 bits per heavy atom. The van der Waals surface area contributed by atoms with Gasteiger partial charge in [0.05, 0.1) is 11.2 Å². The van der Waals surface area contributed by atoms with Crippen LogP contribution >= 0.6 is 0 Å². The van der Waals surface area contributed by atoms with Crippen molar-refractivity contribution >= 4 is 0 Å². The highest BCUT2D eigenvalue weighted by molar-refractivity contribution is 5.04. The number of rotatable bonds is 0. The summed E-state index contributed by atoms with van der Waals surface area (Å²) in [4.78, 5) is 0. The summed E-state index contributed by atoms with van der Waals surface area (Å²) >= 11 is 0. The van der Waals surface area contributed by atoms with Gasteiger partial charge in [-0.2, -0.15) is 0 Å². The molecule has 2 fully saturated rings. The number of ether oxygens (including phenoxy) is 1. The fraction of sp³-hybridized carbons (Fsp3) is 0.833. The number of hydrogen-bond acceptors (Lipinski definition) is 1. The molecule has 2 rings (SSSR count). The van der Waals surface area contributed by atoms with Crippen molar-refractivity contribution in [3.8, 4) is 0 Å². The molecule has 0 unspecified atom stereocenters. The Hall–Kier alpha value is -0.300. The Kier molecular flexibility index (Phi) is 2.03. The summed E-state index contributed by atoms with van der Waals surface area (Å²) in [7, 11) is 0. The Labute approximate surface area is 81.2 Å². The molecule has 2 bridgehead atoms. The predicted octanol–water partition coefficient (Wildman–Crippen LogP) is 3.44. The molecule has 2 aliphatic heterocycles. The maximum atomic E-state index is 6.18. The molecular weight excluding hydrogens is 160 g/mol. The first-order valence-electron chi connectivity index (χ1n) is 5.38. The van der Waals surface area contributed by atoms with Crippen molar-refractivity contribution < 1.29 is 4.74 Å². The maximum Gasteiger partial charge on any atom is 0.0666 e. The van der Waals surface area contributed by atoms with E-state index in [9.17, 15) is 0 Å². The van der Waals surface area contributed by atoms with Crippen LogP contribution in [0.15, 0.2) is 12.2 Å². The van der Waals surface area contributed by atoms with Gasteiger partial charge in [0.1, 0.15) is 0 Å². The molecule has 0 spiro atoms. The molecule has 0 radical (unpaired) electrons. The molecule has 2 heterocycles. The van der Waals surface area contributed by atoms with Gasteiger partial charge in [-0.05, 0) is 52.4 Å². The minimum atomic E-state index is 0.151. The quantitative estimate of drug-likeness (QED) is 0.519. The zero-order chi connectivity index (χ0) is 9.53. The normalized spacial score (nSPS) is 45.8. The van der Waals surface area contributed by atoms with E-state index >= 15 is 0 Å². The van der Waals surface area contributed by atoms with Crippen LogP contribution in [0.25, 0.3) is 0 Å². The van der Waals surface area contributed by atoms with E-state index in [1.165, 1.54) is 31.3 Å². The Morgan fingerprint density at radius 1 is 1.00 bits per heavy atom. The fourth-order valence-corrected chi connectivity index (χ4v) is 2.59. The van der Waals surface area contributed by atoms with Crippen LogP contribution in [-0.4, -0.2) is 11.2 Å². The van der Waals surface area contributed by atoms with E-state index in [4.69, 9.17) is 4.74 Å². The van der Waals surface area contributed by atoms with Gasteiger partial charge in [-0.3, -0.25) is 0 Å². The van der Waals surface area contributed by atoms with Gasteiger partial charge in [-0.25, -0.2) is 0 Å². The van der Waals surface area contributed by atoms with E-state index in [0.717, 1.165) is 12.8 Å². The molecule has 0 amide bonds. The van der Waals surface area contributed by atoms with E-state index in [0.29, 0.717) is 0 Å². The molecule has 0 N–H and O–H groups in total. The summed E-state index contributed by atoms with van der Waals surface area (Å²) in [5.74, 6) is 0. The zero-order valence-corrected chi connectivity index (χ0v) is 8.86. The molecule has 0 aliphatic carbocycles. The highest BCUT2D eigenvalue weighted by Gasteiger charge is 2.43. The van der Waals surface area contributed by atoms with Crippen molar-refractivity contribution in [3.05, 3.63) is 12.2 Å². The largest absolute Gasteiger partial charge is 0.369 e. The smallest absolute Gasteiger partial charge is 0.0666 e. The van der Waals surface area contributed by atoms with E-state index < -0.39 is 0 Å². The van der Waals surface area contributed by atoms with Gasteiger partial charge < -0.3 is 4.74 Å². The second-order valence-electron chi connectivity index (χ2n) is 5.25. The second-order valence-corrected chi connectivity index (χ2v) is 5.25. The standard InChI is InChI=1S/C12H20O/c1-10-4-6-11(2)8-9-12(3,13-11)7-5-10/h1,4-9H2,2-3H3/t11-,12+. The van der Waals surface area contributed by atoms with E-state index in [2.05, 4.69) is 20.4 Å². The minimum Gasteiger partial charge on any atom is -0.369 e. The third-order valence-corrected chi connectivity index (χ3v) is 3.69. The van der Waals surface area contributed by atoms with Crippen LogP contribution < -0.4 is 0 Å². The van der Waals surface area contributed by atoms with E-state index in [1.807, 2.05) is 0 Å². The molecule has 0 saturated carbocycles. The van der Waals surface area contributed by atoms with Gasteiger partial charge in [-0.15, -0.1) is 0 Å². The Balaban J connectivity index is 2.16. The van der Waals surface area contributed by atoms with Crippen LogP contribution in [0.3, 0.4) is 0 Å². The van der Waals surface area contributed by atoms with Crippen molar-refractivity contribution in [3.63, 3.8) is 0 Å². The molecule has 1 nitrogen and oxygen atoms in total. The highest BCUT2D eigenvalue weighted by atomic mass is 16.5. The molecule has 2 saturated heterocycles. The van der Waals surface area contributed by atoms with Crippen LogP contribution in [0, 0.1) is 0 Å². The van der Waals surface area contributed by atoms with Crippen LogP contribution in [-0.2, 0) is 4.74 Å². The summed E-state index contributed by atoms with van der Waals surface area (Å²) in [6, 6.07) is 0. The summed E-state index contributed by atoms with van der Waals surface area (Å²) in [5, 5.41) is 0. The van der Waals surface area contributed by atoms with Crippen molar-refractivity contribution in [1.29, 1.82) is 0 Å². The predicted molar refractivity (Wildman–Crippen MR) is 54.7 cm³/mol. The molecule has 0 aromatic heterocycles. The highest BCUT2D eigenvalue weighted by Crippen LogP contribution is 2.45. The second kappa shape index (κ2) is 2.84. The first-order chi connectivity index (χ1) is 6.02. The first-order valence-corrected chi connectivity index (χ1v) is 5.38. The Bertz CT molecular complexity index is 211. The minimum absolute atomic E-state index is 0.151. The number of allylic oxidation sites excluding steroid dienone is 1. The van der Waals surface area contributed by atoms with E-state index in [1.54, 1.807) is 0 Å². The maximum absolute atomic E-state index is 6.18. The van der Waals surface area contributed by atoms with Crippen LogP contribution in [0.1, 0.15) is 52.4 Å². The van der Waals surface area contributed by atoms with Gasteiger partial charge in [0.15, 0.2) is 0 Å². The third kappa shape index (κ3) is 1.80. The monoisotopic (exact) mass is 180 g/mol. The SMILES string of the molecule is C=C1CC[C@@]2(C)CC[C@@](C)(CC1)O2. The van der Waals surface area contributed by atoms with Gasteiger partial charge >= 0.3 is 0 Å². The average Bonchev–Trinajstić information content (AvgIpc) is 2.38. The number of hydrogen-bond donors (Lipinski definition) is 0. The molecule has 2 atom stereocenters. The van der Waals surface area contributed by atoms with Gasteiger partial charge in [0, 0.05) is 0 Å². The van der Waals surface area contributed by atoms with Gasteiger partial charge in [0.25, 0.3) is 0 Å². The van der Waals surface area contributed by atoms with Gasteiger partial charge in [0.2, 0.25) is 0 Å². The van der Waals surface area contributed by atoms with Crippen molar-refractivity contribution in [2.24, 2.45) is 0 Å². The van der Waals surface area contributed by atoms with Crippen molar-refractivity contribution in [2.75, 3.05) is 0 Å². The van der Waals surface area contributed by atoms with Crippen LogP contribution in [0.4, 0.5) is 0 Å². The summed E-state index contributed by atoms with van der Waals surface area (Å²) < 4.78 is 6.18. The summed E-state index contributed by atoms with van der Waals surface area (Å²) in [6.45, 7) is 8.64. The molecule has 74 valence electrons. The Morgan fingerprint density at radius 3 is 1.92 bits per heavy atom. The molecule has 1 heteroatoms. The van der Waals surface area contributed by atoms with Crippen molar-refractivity contribution in [2.45, 2.75) is 63.6 Å². The lowest BCUT2D eigenvalue weighted by atomic mass is 9.94.